The molecule has 0 radical (unpaired) electrons. The van der Waals surface area contributed by atoms with Gasteiger partial charge in [-0.15, -0.1) is 0 Å². The number of carbonyl (C=O) groups excluding carboxylic acids is 2. The van der Waals surface area contributed by atoms with Crippen LogP contribution in [0.5, 0.6) is 0 Å². The molecule has 0 heterocycles. The second-order valence-corrected chi connectivity index (χ2v) is 18.4. The van der Waals surface area contributed by atoms with E-state index in [2.05, 4.69) is 69.2 Å². The van der Waals surface area contributed by atoms with Crippen LogP contribution in [0.3, 0.4) is 0 Å². The van der Waals surface area contributed by atoms with Crippen LogP contribution >= 0.6 is 0 Å². The van der Waals surface area contributed by atoms with Crippen molar-refractivity contribution in [2.75, 3.05) is 0 Å². The molecule has 0 unspecified atom stereocenters. The van der Waals surface area contributed by atoms with Crippen LogP contribution in [0.15, 0.2) is 101 Å². The van der Waals surface area contributed by atoms with Crippen LogP contribution < -0.4 is 0 Å². The van der Waals surface area contributed by atoms with E-state index in [0.29, 0.717) is 11.1 Å². The third-order valence-corrected chi connectivity index (χ3v) is 19.8. The Morgan fingerprint density at radius 1 is 0.538 bits per heavy atom. The van der Waals surface area contributed by atoms with Crippen LogP contribution in [0.25, 0.3) is 0 Å². The van der Waals surface area contributed by atoms with E-state index in [1.807, 2.05) is 36.4 Å². The molecule has 0 saturated heterocycles. The summed E-state index contributed by atoms with van der Waals surface area (Å²) in [5, 5.41) is 0. The Bertz CT molecular complexity index is 1350. The Morgan fingerprint density at radius 2 is 0.846 bits per heavy atom. The van der Waals surface area contributed by atoms with Gasteiger partial charge in [-0.3, -0.25) is 0 Å². The first-order chi connectivity index (χ1) is 18.2. The summed E-state index contributed by atoms with van der Waals surface area (Å²) in [4.78, 5) is 28.0. The third-order valence-electron chi connectivity index (χ3n) is 9.28. The summed E-state index contributed by atoms with van der Waals surface area (Å²) in [6.45, 7) is 21.4. The van der Waals surface area contributed by atoms with Crippen LogP contribution in [0.1, 0.15) is 90.0 Å². The van der Waals surface area contributed by atoms with E-state index in [4.69, 9.17) is 5.63 Å². The Morgan fingerprint density at radius 3 is 1.10 bits per heavy atom. The maximum absolute atomic E-state index is 14.0. The van der Waals surface area contributed by atoms with Crippen molar-refractivity contribution >= 4 is 11.9 Å². The molecule has 2 aromatic rings. The van der Waals surface area contributed by atoms with Gasteiger partial charge in [0.15, 0.2) is 0 Å². The molecule has 0 aromatic heterocycles. The summed E-state index contributed by atoms with van der Waals surface area (Å²) in [6.07, 6.45) is 0. The van der Waals surface area contributed by atoms with Crippen molar-refractivity contribution in [2.45, 2.75) is 69.2 Å². The molecule has 0 amide bonds. The molecule has 0 atom stereocenters. The number of rotatable bonds is 6. The van der Waals surface area contributed by atoms with Crippen LogP contribution in [0.4, 0.5) is 0 Å². The molecule has 204 valence electrons. The topological polar surface area (TPSA) is 52.6 Å². The van der Waals surface area contributed by atoms with Crippen molar-refractivity contribution < 1.29 is 36.4 Å². The third kappa shape index (κ3) is 4.67. The minimum absolute atomic E-state index is 0.445. The van der Waals surface area contributed by atoms with Crippen molar-refractivity contribution in [3.05, 3.63) is 112 Å². The number of allylic oxidation sites excluding steroid dienone is 8. The molecule has 0 bridgehead atoms. The zero-order valence-corrected chi connectivity index (χ0v) is 27.4. The number of hydrogen-bond acceptors (Lipinski definition) is 4. The quantitative estimate of drug-likeness (QED) is 0.331. The number of hydrogen-bond donors (Lipinski definition) is 0. The van der Waals surface area contributed by atoms with Crippen molar-refractivity contribution in [1.82, 2.24) is 0 Å². The summed E-state index contributed by atoms with van der Waals surface area (Å²) in [5.74, 6) is -0.909. The van der Waals surface area contributed by atoms with Crippen LogP contribution in [0.2, 0.25) is 0 Å². The molecular formula is C34H40O4Zr. The fourth-order valence-corrected chi connectivity index (χ4v) is 18.3. The van der Waals surface area contributed by atoms with Gasteiger partial charge in [0, 0.05) is 0 Å². The van der Waals surface area contributed by atoms with Crippen LogP contribution in [0, 0.1) is 10.8 Å². The summed E-state index contributed by atoms with van der Waals surface area (Å²) < 4.78 is 15.7. The molecule has 0 N–H and O–H groups in total. The Balaban J connectivity index is 2.08. The summed E-state index contributed by atoms with van der Waals surface area (Å²) in [5.41, 5.74) is 6.85. The van der Waals surface area contributed by atoms with Crippen molar-refractivity contribution in [3.8, 4) is 0 Å². The summed E-state index contributed by atoms with van der Waals surface area (Å²) in [6, 6.07) is 18.0. The average molecular weight is 604 g/mol. The molecule has 0 saturated carbocycles. The van der Waals surface area contributed by atoms with Gasteiger partial charge < -0.3 is 0 Å². The van der Waals surface area contributed by atoms with Gasteiger partial charge in [-0.05, 0) is 0 Å². The van der Waals surface area contributed by atoms with Gasteiger partial charge >= 0.3 is 240 Å². The molecule has 4 nitrogen and oxygen atoms in total. The second-order valence-electron chi connectivity index (χ2n) is 11.9. The van der Waals surface area contributed by atoms with Gasteiger partial charge in [-0.25, -0.2) is 0 Å². The molecule has 2 aromatic carbocycles. The maximum atomic E-state index is 14.0. The second kappa shape index (κ2) is 10.3. The first-order valence-electron chi connectivity index (χ1n) is 13.5. The molecule has 0 spiro atoms. The monoisotopic (exact) mass is 602 g/mol. The molecule has 0 fully saturated rings. The van der Waals surface area contributed by atoms with Crippen molar-refractivity contribution in [2.24, 2.45) is 10.8 Å². The SMILES string of the molecule is CC1=C(C)C(C)(C)[C]([Zr]([O]C(=O)c2ccccc2)([O]C(=O)c2ccccc2)[C]2=C(C)C(C)=C(C)C2(C)C)=C1C. The van der Waals surface area contributed by atoms with Crippen LogP contribution in [-0.4, -0.2) is 11.9 Å². The van der Waals surface area contributed by atoms with Crippen molar-refractivity contribution in [3.63, 3.8) is 0 Å². The Hall–Kier alpha value is -2.78. The fraction of sp³-hybridized carbons (Fsp3) is 0.353. The zero-order chi connectivity index (χ0) is 28.9. The molecule has 2 aliphatic carbocycles. The summed E-state index contributed by atoms with van der Waals surface area (Å²) >= 11 is -5.15. The van der Waals surface area contributed by atoms with E-state index in [1.165, 1.54) is 11.1 Å². The van der Waals surface area contributed by atoms with E-state index in [-0.39, 0.29) is 0 Å². The van der Waals surface area contributed by atoms with Gasteiger partial charge in [-0.1, -0.05) is 0 Å². The van der Waals surface area contributed by atoms with E-state index >= 15 is 0 Å². The summed E-state index contributed by atoms with van der Waals surface area (Å²) in [7, 11) is 0. The Labute approximate surface area is 239 Å². The number of benzene rings is 2. The standard InChI is InChI=1S/2C10H15.2C7H6O2.Zr/c2*1-7-6-10(4,5)9(3)8(7)2;2*8-7(9)6-4-2-1-3-5-6;/h2*1-5H3;2*1-5H,(H,8,9);/q;;;;+2/p-2. The first kappa shape index (κ1) is 29.2. The Kier molecular flexibility index (Phi) is 7.73. The van der Waals surface area contributed by atoms with Crippen LogP contribution in [-0.2, 0) is 26.8 Å². The average Bonchev–Trinajstić information content (AvgIpc) is 3.16. The minimum atomic E-state index is -5.15. The normalized spacial score (nSPS) is 18.7. The van der Waals surface area contributed by atoms with Crippen molar-refractivity contribution in [1.29, 1.82) is 0 Å². The molecule has 0 aliphatic heterocycles. The molecule has 5 heteroatoms. The van der Waals surface area contributed by atoms with Gasteiger partial charge in [0.05, 0.1) is 0 Å². The molecule has 4 rings (SSSR count). The van der Waals surface area contributed by atoms with E-state index in [1.54, 1.807) is 24.3 Å². The van der Waals surface area contributed by atoms with Gasteiger partial charge in [0.1, 0.15) is 0 Å². The fourth-order valence-electron chi connectivity index (χ4n) is 6.38. The zero-order valence-electron chi connectivity index (χ0n) is 24.9. The van der Waals surface area contributed by atoms with Gasteiger partial charge in [0.25, 0.3) is 0 Å². The number of carbonyl (C=O) groups is 2. The van der Waals surface area contributed by atoms with Gasteiger partial charge in [0.2, 0.25) is 0 Å². The van der Waals surface area contributed by atoms with E-state index in [9.17, 15) is 9.59 Å². The van der Waals surface area contributed by atoms with Gasteiger partial charge in [-0.2, -0.15) is 0 Å². The van der Waals surface area contributed by atoms with E-state index < -0.39 is 43.9 Å². The molecule has 39 heavy (non-hydrogen) atoms. The molecular weight excluding hydrogens is 564 g/mol. The molecule has 2 aliphatic rings. The first-order valence-corrected chi connectivity index (χ1v) is 18.0. The van der Waals surface area contributed by atoms with E-state index in [0.717, 1.165) is 28.9 Å². The predicted molar refractivity (Wildman–Crippen MR) is 153 cm³/mol. The predicted octanol–water partition coefficient (Wildman–Crippen LogP) is 8.98.